The van der Waals surface area contributed by atoms with Crippen LogP contribution in [0.2, 0.25) is 0 Å². The summed E-state index contributed by atoms with van der Waals surface area (Å²) in [5.41, 5.74) is 2.37. The van der Waals surface area contributed by atoms with E-state index < -0.39 is 0 Å². The highest BCUT2D eigenvalue weighted by molar-refractivity contribution is 5.74. The van der Waals surface area contributed by atoms with Crippen LogP contribution in [0.5, 0.6) is 0 Å². The molecule has 0 bridgehead atoms. The molecule has 0 amide bonds. The molecule has 0 aliphatic carbocycles. The van der Waals surface area contributed by atoms with Gasteiger partial charge in [0.05, 0.1) is 0 Å². The number of piperidine rings is 1. The Balaban J connectivity index is 2.05. The van der Waals surface area contributed by atoms with Crippen LogP contribution in [0.4, 0.5) is 5.69 Å². The minimum absolute atomic E-state index is 0.804. The zero-order valence-electron chi connectivity index (χ0n) is 9.43. The maximum Gasteiger partial charge on any atom is 0.142 e. The van der Waals surface area contributed by atoms with Gasteiger partial charge in [0.2, 0.25) is 0 Å². The molecule has 1 saturated heterocycles. The molecular weight excluding hydrogens is 198 g/mol. The van der Waals surface area contributed by atoms with Crippen molar-refractivity contribution in [3.63, 3.8) is 0 Å². The van der Waals surface area contributed by atoms with Crippen LogP contribution in [0.1, 0.15) is 24.8 Å². The van der Waals surface area contributed by atoms with Gasteiger partial charge < -0.3 is 4.90 Å². The summed E-state index contributed by atoms with van der Waals surface area (Å²) in [5.74, 6) is 0. The van der Waals surface area contributed by atoms with Crippen molar-refractivity contribution < 1.29 is 4.79 Å². The van der Waals surface area contributed by atoms with Crippen LogP contribution in [0.3, 0.4) is 0 Å². The molecule has 2 heteroatoms. The number of carbonyl (C=O) groups is 1. The summed E-state index contributed by atoms with van der Waals surface area (Å²) in [6.45, 7) is 2.34. The van der Waals surface area contributed by atoms with Crippen LogP contribution in [0.25, 0.3) is 6.08 Å². The topological polar surface area (TPSA) is 20.3 Å². The minimum atomic E-state index is 0.804. The second kappa shape index (κ2) is 5.50. The van der Waals surface area contributed by atoms with Crippen molar-refractivity contribution in [1.82, 2.24) is 0 Å². The first-order valence-electron chi connectivity index (χ1n) is 5.87. The van der Waals surface area contributed by atoms with Crippen molar-refractivity contribution in [2.45, 2.75) is 19.3 Å². The first kappa shape index (κ1) is 10.9. The standard InChI is InChI=1S/C14H17NO/c16-12-4-5-13-6-8-14(9-7-13)15-10-2-1-3-11-15/h4-9,12H,1-3,10-11H2. The molecule has 1 aliphatic rings. The van der Waals surface area contributed by atoms with E-state index in [0.717, 1.165) is 11.8 Å². The molecule has 1 heterocycles. The molecule has 1 aliphatic heterocycles. The molecule has 1 aromatic rings. The summed E-state index contributed by atoms with van der Waals surface area (Å²) < 4.78 is 0. The molecular formula is C14H17NO. The molecule has 1 fully saturated rings. The van der Waals surface area contributed by atoms with Gasteiger partial charge in [-0.2, -0.15) is 0 Å². The summed E-state index contributed by atoms with van der Waals surface area (Å²) in [5, 5.41) is 0. The molecule has 0 saturated carbocycles. The van der Waals surface area contributed by atoms with Crippen LogP contribution < -0.4 is 4.90 Å². The Hall–Kier alpha value is -1.57. The highest BCUT2D eigenvalue weighted by atomic mass is 16.1. The Morgan fingerprint density at radius 2 is 1.69 bits per heavy atom. The van der Waals surface area contributed by atoms with Gasteiger partial charge >= 0.3 is 0 Å². The summed E-state index contributed by atoms with van der Waals surface area (Å²) >= 11 is 0. The van der Waals surface area contributed by atoms with E-state index >= 15 is 0 Å². The molecule has 2 nitrogen and oxygen atoms in total. The number of benzene rings is 1. The van der Waals surface area contributed by atoms with Gasteiger partial charge in [-0.15, -0.1) is 0 Å². The third-order valence-corrected chi connectivity index (χ3v) is 2.98. The fourth-order valence-corrected chi connectivity index (χ4v) is 2.10. The quantitative estimate of drug-likeness (QED) is 0.571. The minimum Gasteiger partial charge on any atom is -0.372 e. The Bertz CT molecular complexity index is 361. The lowest BCUT2D eigenvalue weighted by molar-refractivity contribution is -0.104. The molecule has 0 aromatic heterocycles. The lowest BCUT2D eigenvalue weighted by Gasteiger charge is -2.28. The van der Waals surface area contributed by atoms with Crippen LogP contribution in [0, 0.1) is 0 Å². The SMILES string of the molecule is O=CC=Cc1ccc(N2CCCCC2)cc1. The predicted molar refractivity (Wildman–Crippen MR) is 67.6 cm³/mol. The van der Waals surface area contributed by atoms with Crippen molar-refractivity contribution in [1.29, 1.82) is 0 Å². The molecule has 0 radical (unpaired) electrons. The fraction of sp³-hybridized carbons (Fsp3) is 0.357. The lowest BCUT2D eigenvalue weighted by atomic mass is 10.1. The van der Waals surface area contributed by atoms with Crippen molar-refractivity contribution in [2.75, 3.05) is 18.0 Å². The molecule has 1 aromatic carbocycles. The van der Waals surface area contributed by atoms with Crippen LogP contribution in [-0.2, 0) is 4.79 Å². The van der Waals surface area contributed by atoms with E-state index in [1.807, 2.05) is 6.08 Å². The second-order valence-electron chi connectivity index (χ2n) is 4.13. The molecule has 0 atom stereocenters. The molecule has 0 spiro atoms. The molecule has 84 valence electrons. The first-order valence-corrected chi connectivity index (χ1v) is 5.87. The Labute approximate surface area is 96.6 Å². The van der Waals surface area contributed by atoms with E-state index in [1.54, 1.807) is 0 Å². The molecule has 2 rings (SSSR count). The van der Waals surface area contributed by atoms with E-state index in [-0.39, 0.29) is 0 Å². The van der Waals surface area contributed by atoms with Gasteiger partial charge in [0, 0.05) is 18.8 Å². The Morgan fingerprint density at radius 1 is 1.00 bits per heavy atom. The highest BCUT2D eigenvalue weighted by Gasteiger charge is 2.09. The van der Waals surface area contributed by atoms with Crippen molar-refractivity contribution >= 4 is 18.0 Å². The average molecular weight is 215 g/mol. The van der Waals surface area contributed by atoms with Gasteiger partial charge in [-0.3, -0.25) is 4.79 Å². The number of aldehydes is 1. The van der Waals surface area contributed by atoms with E-state index in [4.69, 9.17) is 0 Å². The number of anilines is 1. The lowest BCUT2D eigenvalue weighted by Crippen LogP contribution is -2.29. The Kier molecular flexibility index (Phi) is 3.76. The summed E-state index contributed by atoms with van der Waals surface area (Å²) in [6, 6.07) is 8.39. The predicted octanol–water partition coefficient (Wildman–Crippen LogP) is 2.89. The zero-order valence-corrected chi connectivity index (χ0v) is 9.43. The zero-order chi connectivity index (χ0) is 11.2. The number of nitrogens with zero attached hydrogens (tertiary/aromatic N) is 1. The molecule has 16 heavy (non-hydrogen) atoms. The van der Waals surface area contributed by atoms with E-state index in [9.17, 15) is 4.79 Å². The second-order valence-corrected chi connectivity index (χ2v) is 4.13. The van der Waals surface area contributed by atoms with E-state index in [2.05, 4.69) is 29.2 Å². The van der Waals surface area contributed by atoms with E-state index in [0.29, 0.717) is 0 Å². The van der Waals surface area contributed by atoms with Gasteiger partial charge in [0.1, 0.15) is 6.29 Å². The van der Waals surface area contributed by atoms with Gasteiger partial charge in [-0.25, -0.2) is 0 Å². The largest absolute Gasteiger partial charge is 0.372 e. The van der Waals surface area contributed by atoms with Gasteiger partial charge in [0.25, 0.3) is 0 Å². The summed E-state index contributed by atoms with van der Waals surface area (Å²) in [6.07, 6.45) is 8.11. The monoisotopic (exact) mass is 215 g/mol. The number of rotatable bonds is 3. The normalized spacial score (nSPS) is 16.6. The summed E-state index contributed by atoms with van der Waals surface area (Å²) in [4.78, 5) is 12.6. The van der Waals surface area contributed by atoms with E-state index in [1.165, 1.54) is 44.1 Å². The number of allylic oxidation sites excluding steroid dienone is 1. The van der Waals surface area contributed by atoms with Crippen molar-refractivity contribution in [3.05, 3.63) is 35.9 Å². The Morgan fingerprint density at radius 3 is 2.31 bits per heavy atom. The van der Waals surface area contributed by atoms with Crippen LogP contribution in [0.15, 0.2) is 30.3 Å². The first-order chi connectivity index (χ1) is 7.90. The smallest absolute Gasteiger partial charge is 0.142 e. The van der Waals surface area contributed by atoms with Gasteiger partial charge in [-0.05, 0) is 43.0 Å². The van der Waals surface area contributed by atoms with Crippen molar-refractivity contribution in [2.24, 2.45) is 0 Å². The summed E-state index contributed by atoms with van der Waals surface area (Å²) in [7, 11) is 0. The van der Waals surface area contributed by atoms with Crippen molar-refractivity contribution in [3.8, 4) is 0 Å². The van der Waals surface area contributed by atoms with Crippen LogP contribution >= 0.6 is 0 Å². The number of carbonyl (C=O) groups excluding carboxylic acids is 1. The molecule has 0 N–H and O–H groups in total. The number of hydrogen-bond donors (Lipinski definition) is 0. The fourth-order valence-electron chi connectivity index (χ4n) is 2.10. The van der Waals surface area contributed by atoms with Gasteiger partial charge in [0.15, 0.2) is 0 Å². The average Bonchev–Trinajstić information content (AvgIpc) is 2.38. The van der Waals surface area contributed by atoms with Gasteiger partial charge in [-0.1, -0.05) is 18.2 Å². The van der Waals surface area contributed by atoms with Crippen LogP contribution in [-0.4, -0.2) is 19.4 Å². The maximum atomic E-state index is 10.2. The molecule has 0 unspecified atom stereocenters. The third kappa shape index (κ3) is 2.72. The maximum absolute atomic E-state index is 10.2. The highest BCUT2D eigenvalue weighted by Crippen LogP contribution is 2.20. The third-order valence-electron chi connectivity index (χ3n) is 2.98. The number of hydrogen-bond acceptors (Lipinski definition) is 2.